The zero-order valence-corrected chi connectivity index (χ0v) is 17.5. The van der Waals surface area contributed by atoms with Gasteiger partial charge in [-0.1, -0.05) is 30.3 Å². The third-order valence-electron chi connectivity index (χ3n) is 6.28. The van der Waals surface area contributed by atoms with Gasteiger partial charge in [0.15, 0.2) is 0 Å². The highest BCUT2D eigenvalue weighted by Crippen LogP contribution is 2.34. The Hall–Kier alpha value is -3.41. The molecule has 0 unspecified atom stereocenters. The van der Waals surface area contributed by atoms with Gasteiger partial charge >= 0.3 is 0 Å². The molecular formula is C25H24FN3O2. The third-order valence-corrected chi connectivity index (χ3v) is 6.28. The van der Waals surface area contributed by atoms with Crippen molar-refractivity contribution in [2.45, 2.75) is 19.3 Å². The fourth-order valence-electron chi connectivity index (χ4n) is 4.73. The molecule has 0 radical (unpaired) electrons. The van der Waals surface area contributed by atoms with Crippen LogP contribution in [-0.2, 0) is 23.1 Å². The molecule has 0 spiro atoms. The second-order valence-electron chi connectivity index (χ2n) is 8.22. The predicted octanol–water partition coefficient (Wildman–Crippen LogP) is 3.74. The Balaban J connectivity index is 1.46. The summed E-state index contributed by atoms with van der Waals surface area (Å²) in [7, 11) is 2.00. The van der Waals surface area contributed by atoms with Crippen molar-refractivity contribution < 1.29 is 14.0 Å². The highest BCUT2D eigenvalue weighted by Gasteiger charge is 2.41. The number of aromatic nitrogens is 1. The number of benzene rings is 2. The van der Waals surface area contributed by atoms with Crippen molar-refractivity contribution in [2.24, 2.45) is 7.05 Å². The summed E-state index contributed by atoms with van der Waals surface area (Å²) in [5.41, 5.74) is 3.68. The second kappa shape index (κ2) is 7.69. The monoisotopic (exact) mass is 417 g/mol. The van der Waals surface area contributed by atoms with Gasteiger partial charge in [-0.2, -0.15) is 0 Å². The van der Waals surface area contributed by atoms with Crippen LogP contribution in [0.25, 0.3) is 16.5 Å². The quantitative estimate of drug-likeness (QED) is 0.594. The lowest BCUT2D eigenvalue weighted by molar-refractivity contribution is -0.137. The van der Waals surface area contributed by atoms with Crippen molar-refractivity contribution in [2.75, 3.05) is 19.6 Å². The summed E-state index contributed by atoms with van der Waals surface area (Å²) < 4.78 is 15.5. The molecule has 0 saturated carbocycles. The van der Waals surface area contributed by atoms with E-state index in [1.165, 1.54) is 17.0 Å². The second-order valence-corrected chi connectivity index (χ2v) is 8.22. The molecule has 5 rings (SSSR count). The van der Waals surface area contributed by atoms with Crippen LogP contribution in [0.2, 0.25) is 0 Å². The molecule has 2 aliphatic heterocycles. The highest BCUT2D eigenvalue weighted by atomic mass is 19.1. The molecule has 6 heteroatoms. The molecule has 1 saturated heterocycles. The number of imide groups is 1. The van der Waals surface area contributed by atoms with Crippen LogP contribution in [0.1, 0.15) is 24.0 Å². The number of hydrogen-bond donors (Lipinski definition) is 0. The summed E-state index contributed by atoms with van der Waals surface area (Å²) in [6.45, 7) is 1.83. The summed E-state index contributed by atoms with van der Waals surface area (Å²) >= 11 is 0. The van der Waals surface area contributed by atoms with E-state index in [0.717, 1.165) is 42.4 Å². The Labute approximate surface area is 180 Å². The Morgan fingerprint density at radius 1 is 0.935 bits per heavy atom. The number of halogens is 1. The van der Waals surface area contributed by atoms with E-state index in [4.69, 9.17) is 0 Å². The minimum Gasteiger partial charge on any atom is -0.366 e. The van der Waals surface area contributed by atoms with Crippen LogP contribution in [0.15, 0.2) is 60.4 Å². The molecule has 0 atom stereocenters. The van der Waals surface area contributed by atoms with E-state index in [1.54, 1.807) is 12.1 Å². The van der Waals surface area contributed by atoms with Gasteiger partial charge in [-0.05, 0) is 48.6 Å². The number of para-hydroxylation sites is 1. The maximum Gasteiger partial charge on any atom is 0.277 e. The van der Waals surface area contributed by atoms with Crippen LogP contribution < -0.4 is 0 Å². The fourth-order valence-corrected chi connectivity index (χ4v) is 4.73. The number of rotatable bonds is 5. The van der Waals surface area contributed by atoms with E-state index in [1.807, 2.05) is 24.1 Å². The van der Waals surface area contributed by atoms with Gasteiger partial charge in [-0.3, -0.25) is 14.5 Å². The topological polar surface area (TPSA) is 45.6 Å². The number of amides is 2. The van der Waals surface area contributed by atoms with Crippen molar-refractivity contribution in [3.63, 3.8) is 0 Å². The Morgan fingerprint density at radius 3 is 2.39 bits per heavy atom. The lowest BCUT2D eigenvalue weighted by Crippen LogP contribution is -2.36. The van der Waals surface area contributed by atoms with Gasteiger partial charge in [-0.25, -0.2) is 4.39 Å². The Morgan fingerprint density at radius 2 is 1.65 bits per heavy atom. The van der Waals surface area contributed by atoms with Crippen LogP contribution in [0.5, 0.6) is 0 Å². The van der Waals surface area contributed by atoms with E-state index in [2.05, 4.69) is 22.9 Å². The summed E-state index contributed by atoms with van der Waals surface area (Å²) in [6, 6.07) is 14.0. The first-order chi connectivity index (χ1) is 15.0. The number of fused-ring (bicyclic) bond motifs is 1. The molecule has 2 aromatic carbocycles. The molecule has 1 aromatic heterocycles. The number of carbonyl (C=O) groups is 2. The number of hydrogen-bond acceptors (Lipinski definition) is 3. The van der Waals surface area contributed by atoms with Gasteiger partial charge in [0.25, 0.3) is 11.8 Å². The molecule has 31 heavy (non-hydrogen) atoms. The van der Waals surface area contributed by atoms with Crippen molar-refractivity contribution in [1.29, 1.82) is 0 Å². The first kappa shape index (κ1) is 19.5. The molecule has 5 nitrogen and oxygen atoms in total. The standard InChI is InChI=1S/C25H24FN3O2/c1-27-16-18(20-6-2-3-7-21(20)27)12-15-29-24(30)22(17-8-10-19(26)11-9-17)23(25(29)31)28-13-4-5-14-28/h2-3,6-11,16H,4-5,12-15H2,1H3. The van der Waals surface area contributed by atoms with Gasteiger partial charge < -0.3 is 9.47 Å². The number of nitrogens with zero attached hydrogens (tertiary/aromatic N) is 3. The SMILES string of the molecule is Cn1cc(CCN2C(=O)C(c3ccc(F)cc3)=C(N3CCCC3)C2=O)c2ccccc21. The number of carbonyl (C=O) groups excluding carboxylic acids is 2. The van der Waals surface area contributed by atoms with Crippen LogP contribution >= 0.6 is 0 Å². The molecule has 2 aliphatic rings. The number of aryl methyl sites for hydroxylation is 1. The molecule has 3 heterocycles. The summed E-state index contributed by atoms with van der Waals surface area (Å²) in [5.74, 6) is -0.901. The molecule has 1 fully saturated rings. The first-order valence-electron chi connectivity index (χ1n) is 10.7. The zero-order chi connectivity index (χ0) is 21.5. The van der Waals surface area contributed by atoms with Crippen LogP contribution in [-0.4, -0.2) is 45.8 Å². The van der Waals surface area contributed by atoms with E-state index in [9.17, 15) is 14.0 Å². The molecular weight excluding hydrogens is 393 g/mol. The molecule has 3 aromatic rings. The number of likely N-dealkylation sites (tertiary alicyclic amines) is 1. The fraction of sp³-hybridized carbons (Fsp3) is 0.280. The Bertz CT molecular complexity index is 1200. The predicted molar refractivity (Wildman–Crippen MR) is 117 cm³/mol. The molecule has 0 N–H and O–H groups in total. The van der Waals surface area contributed by atoms with E-state index in [0.29, 0.717) is 29.8 Å². The first-order valence-corrected chi connectivity index (χ1v) is 10.7. The van der Waals surface area contributed by atoms with Gasteiger partial charge in [-0.15, -0.1) is 0 Å². The average Bonchev–Trinajstić information content (AvgIpc) is 3.46. The third kappa shape index (κ3) is 3.32. The lowest BCUT2D eigenvalue weighted by atomic mass is 10.0. The van der Waals surface area contributed by atoms with E-state index < -0.39 is 0 Å². The molecule has 158 valence electrons. The van der Waals surface area contributed by atoms with E-state index >= 15 is 0 Å². The summed E-state index contributed by atoms with van der Waals surface area (Å²) in [5, 5.41) is 1.13. The van der Waals surface area contributed by atoms with Gasteiger partial charge in [0.05, 0.1) is 5.57 Å². The van der Waals surface area contributed by atoms with Crippen LogP contribution in [0.3, 0.4) is 0 Å². The van der Waals surface area contributed by atoms with Crippen LogP contribution in [0.4, 0.5) is 4.39 Å². The average molecular weight is 417 g/mol. The largest absolute Gasteiger partial charge is 0.366 e. The Kier molecular flexibility index (Phi) is 4.85. The smallest absolute Gasteiger partial charge is 0.277 e. The van der Waals surface area contributed by atoms with Gasteiger partial charge in [0, 0.05) is 43.8 Å². The molecule has 0 aliphatic carbocycles. The lowest BCUT2D eigenvalue weighted by Gasteiger charge is -2.20. The maximum absolute atomic E-state index is 13.5. The normalized spacial score (nSPS) is 17.0. The highest BCUT2D eigenvalue weighted by molar-refractivity contribution is 6.35. The summed E-state index contributed by atoms with van der Waals surface area (Å²) in [6.07, 6.45) is 4.64. The van der Waals surface area contributed by atoms with Crippen molar-refractivity contribution in [1.82, 2.24) is 14.4 Å². The minimum atomic E-state index is -0.364. The van der Waals surface area contributed by atoms with E-state index in [-0.39, 0.29) is 17.6 Å². The van der Waals surface area contributed by atoms with Crippen molar-refractivity contribution in [3.05, 3.63) is 77.4 Å². The van der Waals surface area contributed by atoms with Crippen LogP contribution in [0, 0.1) is 5.82 Å². The van der Waals surface area contributed by atoms with Crippen molar-refractivity contribution >= 4 is 28.3 Å². The maximum atomic E-state index is 13.5. The molecule has 0 bridgehead atoms. The zero-order valence-electron chi connectivity index (χ0n) is 17.5. The van der Waals surface area contributed by atoms with Gasteiger partial charge in [0.1, 0.15) is 11.5 Å². The minimum absolute atomic E-state index is 0.244. The molecule has 2 amide bonds. The summed E-state index contributed by atoms with van der Waals surface area (Å²) in [4.78, 5) is 30.1. The van der Waals surface area contributed by atoms with Gasteiger partial charge in [0.2, 0.25) is 0 Å². The van der Waals surface area contributed by atoms with Crippen molar-refractivity contribution in [3.8, 4) is 0 Å².